The van der Waals surface area contributed by atoms with Gasteiger partial charge in [-0.25, -0.2) is 0 Å². The van der Waals surface area contributed by atoms with Crippen molar-refractivity contribution in [2.45, 2.75) is 33.1 Å². The third kappa shape index (κ3) is 1.59. The van der Waals surface area contributed by atoms with Gasteiger partial charge >= 0.3 is 0 Å². The summed E-state index contributed by atoms with van der Waals surface area (Å²) < 4.78 is 0. The summed E-state index contributed by atoms with van der Waals surface area (Å²) >= 11 is 0. The second kappa shape index (κ2) is 3.82. The maximum Gasteiger partial charge on any atom is 0.0105 e. The lowest BCUT2D eigenvalue weighted by atomic mass is 9.74. The van der Waals surface area contributed by atoms with Crippen molar-refractivity contribution in [2.75, 3.05) is 26.2 Å². The minimum Gasteiger partial charge on any atom is -0.329 e. The fraction of sp³-hybridized carbons (Fsp3) is 1.00. The van der Waals surface area contributed by atoms with Crippen molar-refractivity contribution in [3.05, 3.63) is 0 Å². The maximum absolute atomic E-state index is 5.63. The number of nitrogens with two attached hydrogens (primary N) is 1. The lowest BCUT2D eigenvalue weighted by Gasteiger charge is -2.43. The molecule has 0 bridgehead atoms. The minimum atomic E-state index is 0.750. The highest BCUT2D eigenvalue weighted by molar-refractivity contribution is 5.05. The zero-order chi connectivity index (χ0) is 10.2. The Hall–Kier alpha value is -0.0800. The standard InChI is InChI=1S/C12H24N2/c1-3-11-9-14(7-6-13)8-10(2)12(11)4-5-12/h10-11H,3-9,13H2,1-2H3. The van der Waals surface area contributed by atoms with E-state index in [-0.39, 0.29) is 0 Å². The largest absolute Gasteiger partial charge is 0.329 e. The zero-order valence-corrected chi connectivity index (χ0v) is 9.63. The molecule has 2 atom stereocenters. The molecule has 2 heteroatoms. The van der Waals surface area contributed by atoms with Gasteiger partial charge in [-0.1, -0.05) is 20.3 Å². The van der Waals surface area contributed by atoms with Gasteiger partial charge in [-0.2, -0.15) is 0 Å². The molecular weight excluding hydrogens is 172 g/mol. The van der Waals surface area contributed by atoms with Crippen LogP contribution in [0.2, 0.25) is 0 Å². The van der Waals surface area contributed by atoms with Crippen LogP contribution in [0.5, 0.6) is 0 Å². The molecule has 1 heterocycles. The van der Waals surface area contributed by atoms with Crippen molar-refractivity contribution in [1.29, 1.82) is 0 Å². The van der Waals surface area contributed by atoms with E-state index in [2.05, 4.69) is 18.7 Å². The van der Waals surface area contributed by atoms with Gasteiger partial charge in [0.05, 0.1) is 0 Å². The molecule has 2 nitrogen and oxygen atoms in total. The van der Waals surface area contributed by atoms with Crippen LogP contribution in [-0.4, -0.2) is 31.1 Å². The lowest BCUT2D eigenvalue weighted by Crippen LogP contribution is -2.47. The van der Waals surface area contributed by atoms with Crippen LogP contribution in [0.15, 0.2) is 0 Å². The average molecular weight is 196 g/mol. The molecule has 0 aromatic rings. The highest BCUT2D eigenvalue weighted by Crippen LogP contribution is 2.60. The number of rotatable bonds is 3. The molecule has 2 rings (SSSR count). The molecule has 0 aromatic heterocycles. The third-order valence-corrected chi connectivity index (χ3v) is 4.57. The lowest BCUT2D eigenvalue weighted by molar-refractivity contribution is 0.0523. The highest BCUT2D eigenvalue weighted by atomic mass is 15.2. The van der Waals surface area contributed by atoms with Gasteiger partial charge in [0.15, 0.2) is 0 Å². The van der Waals surface area contributed by atoms with Gasteiger partial charge in [0.25, 0.3) is 0 Å². The molecule has 1 saturated heterocycles. The smallest absolute Gasteiger partial charge is 0.0105 e. The predicted octanol–water partition coefficient (Wildman–Crippen LogP) is 1.70. The Balaban J connectivity index is 2.00. The Labute approximate surface area is 87.8 Å². The third-order valence-electron chi connectivity index (χ3n) is 4.57. The minimum absolute atomic E-state index is 0.750. The van der Waals surface area contributed by atoms with Crippen molar-refractivity contribution >= 4 is 0 Å². The van der Waals surface area contributed by atoms with Crippen LogP contribution < -0.4 is 5.73 Å². The molecule has 1 aliphatic carbocycles. The first kappa shape index (κ1) is 10.4. The van der Waals surface area contributed by atoms with Gasteiger partial charge in [0.1, 0.15) is 0 Å². The van der Waals surface area contributed by atoms with Crippen LogP contribution in [0.3, 0.4) is 0 Å². The molecule has 2 N–H and O–H groups in total. The summed E-state index contributed by atoms with van der Waals surface area (Å²) in [6.07, 6.45) is 4.33. The van der Waals surface area contributed by atoms with Crippen molar-refractivity contribution in [3.63, 3.8) is 0 Å². The van der Waals surface area contributed by atoms with E-state index in [9.17, 15) is 0 Å². The molecule has 1 saturated carbocycles. The normalized spacial score (nSPS) is 36.2. The summed E-state index contributed by atoms with van der Waals surface area (Å²) in [5, 5.41) is 0. The first-order valence-corrected chi connectivity index (χ1v) is 6.15. The van der Waals surface area contributed by atoms with Crippen molar-refractivity contribution in [3.8, 4) is 0 Å². The van der Waals surface area contributed by atoms with E-state index in [0.29, 0.717) is 0 Å². The van der Waals surface area contributed by atoms with Crippen molar-refractivity contribution in [2.24, 2.45) is 23.0 Å². The van der Waals surface area contributed by atoms with Gasteiger partial charge in [-0.05, 0) is 30.1 Å². The molecule has 2 unspecified atom stereocenters. The van der Waals surface area contributed by atoms with Gasteiger partial charge in [-0.3, -0.25) is 0 Å². The Bertz CT molecular complexity index is 198. The van der Waals surface area contributed by atoms with Crippen LogP contribution in [0.4, 0.5) is 0 Å². The quantitative estimate of drug-likeness (QED) is 0.744. The number of likely N-dealkylation sites (tertiary alicyclic amines) is 1. The molecule has 0 amide bonds. The SMILES string of the molecule is CCC1CN(CCN)CC(C)C12CC2. The van der Waals surface area contributed by atoms with Gasteiger partial charge in [0.2, 0.25) is 0 Å². The van der Waals surface area contributed by atoms with Gasteiger partial charge < -0.3 is 10.6 Å². The molecular formula is C12H24N2. The summed E-state index contributed by atoms with van der Waals surface area (Å²) in [4.78, 5) is 2.57. The molecule has 1 spiro atoms. The Morgan fingerprint density at radius 3 is 2.57 bits per heavy atom. The van der Waals surface area contributed by atoms with Crippen LogP contribution in [0.1, 0.15) is 33.1 Å². The van der Waals surface area contributed by atoms with E-state index < -0.39 is 0 Å². The average Bonchev–Trinajstić information content (AvgIpc) is 2.93. The van der Waals surface area contributed by atoms with Crippen molar-refractivity contribution in [1.82, 2.24) is 4.90 Å². The van der Waals surface area contributed by atoms with E-state index in [1.165, 1.54) is 32.4 Å². The Kier molecular flexibility index (Phi) is 2.85. The summed E-state index contributed by atoms with van der Waals surface area (Å²) in [5.41, 5.74) is 6.38. The monoisotopic (exact) mass is 196 g/mol. The van der Waals surface area contributed by atoms with E-state index in [1.807, 2.05) is 0 Å². The number of hydrogen-bond donors (Lipinski definition) is 1. The van der Waals surface area contributed by atoms with Crippen LogP contribution in [0, 0.1) is 17.3 Å². The van der Waals surface area contributed by atoms with Crippen molar-refractivity contribution < 1.29 is 0 Å². The summed E-state index contributed by atoms with van der Waals surface area (Å²) in [6, 6.07) is 0. The topological polar surface area (TPSA) is 29.3 Å². The molecule has 1 aliphatic heterocycles. The second-order valence-electron chi connectivity index (χ2n) is 5.29. The zero-order valence-electron chi connectivity index (χ0n) is 9.63. The molecule has 14 heavy (non-hydrogen) atoms. The van der Waals surface area contributed by atoms with Crippen LogP contribution in [0.25, 0.3) is 0 Å². The maximum atomic E-state index is 5.63. The number of nitrogens with zero attached hydrogens (tertiary/aromatic N) is 1. The first-order chi connectivity index (χ1) is 6.73. The first-order valence-electron chi connectivity index (χ1n) is 6.15. The Morgan fingerprint density at radius 1 is 1.36 bits per heavy atom. The molecule has 2 aliphatic rings. The van der Waals surface area contributed by atoms with E-state index in [4.69, 9.17) is 5.73 Å². The van der Waals surface area contributed by atoms with E-state index >= 15 is 0 Å². The summed E-state index contributed by atoms with van der Waals surface area (Å²) in [5.74, 6) is 1.84. The number of hydrogen-bond acceptors (Lipinski definition) is 2. The second-order valence-corrected chi connectivity index (χ2v) is 5.29. The number of piperidine rings is 1. The summed E-state index contributed by atoms with van der Waals surface area (Å²) in [7, 11) is 0. The fourth-order valence-electron chi connectivity index (χ4n) is 3.49. The van der Waals surface area contributed by atoms with E-state index in [1.54, 1.807) is 0 Å². The van der Waals surface area contributed by atoms with Crippen LogP contribution >= 0.6 is 0 Å². The summed E-state index contributed by atoms with van der Waals surface area (Å²) in [6.45, 7) is 9.29. The molecule has 2 fully saturated rings. The predicted molar refractivity (Wildman–Crippen MR) is 60.1 cm³/mol. The Morgan fingerprint density at radius 2 is 2.07 bits per heavy atom. The molecule has 82 valence electrons. The van der Waals surface area contributed by atoms with Gasteiger partial charge in [-0.15, -0.1) is 0 Å². The van der Waals surface area contributed by atoms with Crippen LogP contribution in [-0.2, 0) is 0 Å². The molecule has 0 radical (unpaired) electrons. The van der Waals surface area contributed by atoms with E-state index in [0.717, 1.165) is 30.3 Å². The van der Waals surface area contributed by atoms with Gasteiger partial charge in [0, 0.05) is 26.2 Å². The molecule has 0 aromatic carbocycles. The fourth-order valence-corrected chi connectivity index (χ4v) is 3.49. The highest BCUT2D eigenvalue weighted by Gasteiger charge is 2.54.